The van der Waals surface area contributed by atoms with Crippen LogP contribution in [0.1, 0.15) is 11.1 Å². The second kappa shape index (κ2) is 4.55. The molecule has 0 aliphatic carbocycles. The first-order chi connectivity index (χ1) is 8.41. The average Bonchev–Trinajstić information content (AvgIpc) is 2.77. The third-order valence-electron chi connectivity index (χ3n) is 2.69. The van der Waals surface area contributed by atoms with Crippen molar-refractivity contribution < 1.29 is 8.42 Å². The van der Waals surface area contributed by atoms with Crippen molar-refractivity contribution in [3.63, 3.8) is 0 Å². The van der Waals surface area contributed by atoms with Crippen molar-refractivity contribution in [3.8, 4) is 5.69 Å². The molecule has 18 heavy (non-hydrogen) atoms. The number of aryl methyl sites for hydroxylation is 1. The normalized spacial score (nSPS) is 11.7. The topological polar surface area (TPSA) is 78.0 Å². The first kappa shape index (κ1) is 12.8. The van der Waals surface area contributed by atoms with Crippen molar-refractivity contribution in [2.75, 3.05) is 6.26 Å². The summed E-state index contributed by atoms with van der Waals surface area (Å²) in [4.78, 5) is 0.200. The molecular weight excluding hydrogens is 250 g/mol. The third-order valence-corrected chi connectivity index (χ3v) is 3.76. The van der Waals surface area contributed by atoms with Crippen LogP contribution in [0.25, 0.3) is 5.69 Å². The number of rotatable bonds is 3. The van der Waals surface area contributed by atoms with Crippen molar-refractivity contribution in [1.29, 1.82) is 0 Å². The zero-order valence-electron chi connectivity index (χ0n) is 10.3. The van der Waals surface area contributed by atoms with E-state index < -0.39 is 9.84 Å². The summed E-state index contributed by atoms with van der Waals surface area (Å²) >= 11 is 0. The molecule has 0 aliphatic heterocycles. The van der Waals surface area contributed by atoms with E-state index in [-0.39, 0.29) is 4.90 Å². The molecule has 1 heterocycles. The Labute approximate surface area is 106 Å². The van der Waals surface area contributed by atoms with Gasteiger partial charge < -0.3 is 5.73 Å². The lowest BCUT2D eigenvalue weighted by Gasteiger charge is -2.08. The molecule has 0 fully saturated rings. The molecule has 0 radical (unpaired) electrons. The highest BCUT2D eigenvalue weighted by atomic mass is 32.2. The first-order valence-corrected chi connectivity index (χ1v) is 7.35. The van der Waals surface area contributed by atoms with Gasteiger partial charge >= 0.3 is 0 Å². The Balaban J connectivity index is 2.53. The molecule has 2 rings (SSSR count). The van der Waals surface area contributed by atoms with E-state index in [1.165, 1.54) is 17.1 Å². The van der Waals surface area contributed by atoms with Gasteiger partial charge in [-0.25, -0.2) is 13.1 Å². The highest BCUT2D eigenvalue weighted by molar-refractivity contribution is 7.90. The van der Waals surface area contributed by atoms with E-state index in [0.29, 0.717) is 6.54 Å². The van der Waals surface area contributed by atoms with Crippen molar-refractivity contribution in [2.24, 2.45) is 5.73 Å². The van der Waals surface area contributed by atoms with Gasteiger partial charge in [-0.2, -0.15) is 5.10 Å². The molecule has 5 nitrogen and oxygen atoms in total. The number of hydrogen-bond acceptors (Lipinski definition) is 4. The quantitative estimate of drug-likeness (QED) is 0.899. The van der Waals surface area contributed by atoms with E-state index >= 15 is 0 Å². The Morgan fingerprint density at radius 3 is 2.67 bits per heavy atom. The fourth-order valence-electron chi connectivity index (χ4n) is 1.73. The van der Waals surface area contributed by atoms with Gasteiger partial charge in [0, 0.05) is 19.0 Å². The van der Waals surface area contributed by atoms with E-state index in [1.54, 1.807) is 0 Å². The van der Waals surface area contributed by atoms with E-state index in [9.17, 15) is 8.42 Å². The Kier molecular flexibility index (Phi) is 3.23. The van der Waals surface area contributed by atoms with E-state index in [1.807, 2.05) is 25.1 Å². The molecule has 1 aromatic carbocycles. The summed E-state index contributed by atoms with van der Waals surface area (Å²) in [6.45, 7) is 2.36. The van der Waals surface area contributed by atoms with Crippen LogP contribution < -0.4 is 5.73 Å². The fourth-order valence-corrected chi connectivity index (χ4v) is 2.26. The third kappa shape index (κ3) is 2.44. The molecule has 96 valence electrons. The highest BCUT2D eigenvalue weighted by Gasteiger charge is 2.12. The summed E-state index contributed by atoms with van der Waals surface area (Å²) in [5.41, 5.74) is 8.53. The number of aromatic nitrogens is 2. The zero-order chi connectivity index (χ0) is 13.3. The molecule has 0 atom stereocenters. The van der Waals surface area contributed by atoms with Gasteiger partial charge in [0.2, 0.25) is 0 Å². The summed E-state index contributed by atoms with van der Waals surface area (Å²) < 4.78 is 24.4. The molecule has 0 amide bonds. The average molecular weight is 265 g/mol. The minimum Gasteiger partial charge on any atom is -0.326 e. The SMILES string of the molecule is Cc1ccc(-n2cc(S(C)(=O)=O)cn2)c(CN)c1. The van der Waals surface area contributed by atoms with Crippen LogP contribution in [0.3, 0.4) is 0 Å². The smallest absolute Gasteiger partial charge is 0.178 e. The Morgan fingerprint density at radius 2 is 2.11 bits per heavy atom. The van der Waals surface area contributed by atoms with Crippen LogP contribution in [-0.2, 0) is 16.4 Å². The van der Waals surface area contributed by atoms with E-state index in [0.717, 1.165) is 23.1 Å². The van der Waals surface area contributed by atoms with E-state index in [2.05, 4.69) is 5.10 Å². The lowest BCUT2D eigenvalue weighted by Crippen LogP contribution is -2.05. The number of nitrogens with zero attached hydrogens (tertiary/aromatic N) is 2. The molecule has 2 N–H and O–H groups in total. The first-order valence-electron chi connectivity index (χ1n) is 5.46. The molecule has 6 heteroatoms. The monoisotopic (exact) mass is 265 g/mol. The van der Waals surface area contributed by atoms with Crippen molar-refractivity contribution in [1.82, 2.24) is 9.78 Å². The lowest BCUT2D eigenvalue weighted by atomic mass is 10.1. The van der Waals surface area contributed by atoms with Gasteiger partial charge in [0.15, 0.2) is 9.84 Å². The van der Waals surface area contributed by atoms with Gasteiger partial charge in [0.25, 0.3) is 0 Å². The van der Waals surface area contributed by atoms with Crippen LogP contribution in [-0.4, -0.2) is 24.5 Å². The van der Waals surface area contributed by atoms with Crippen LogP contribution in [0.5, 0.6) is 0 Å². The second-order valence-electron chi connectivity index (χ2n) is 4.23. The van der Waals surface area contributed by atoms with Gasteiger partial charge in [0.05, 0.1) is 11.9 Å². The Hall–Kier alpha value is -1.66. The standard InChI is InChI=1S/C12H15N3O2S/c1-9-3-4-12(10(5-9)6-13)15-8-11(7-14-15)18(2,16)17/h3-5,7-8H,6,13H2,1-2H3. The molecule has 1 aromatic heterocycles. The van der Waals surface area contributed by atoms with Crippen LogP contribution in [0.4, 0.5) is 0 Å². The summed E-state index contributed by atoms with van der Waals surface area (Å²) in [6.07, 6.45) is 4.00. The van der Waals surface area contributed by atoms with Crippen LogP contribution in [0.2, 0.25) is 0 Å². The van der Waals surface area contributed by atoms with Crippen LogP contribution in [0.15, 0.2) is 35.5 Å². The van der Waals surface area contributed by atoms with Gasteiger partial charge in [0.1, 0.15) is 4.90 Å². The zero-order valence-corrected chi connectivity index (χ0v) is 11.1. The number of sulfone groups is 1. The minimum absolute atomic E-state index is 0.200. The molecule has 0 saturated carbocycles. The molecule has 0 unspecified atom stereocenters. The van der Waals surface area contributed by atoms with Crippen molar-refractivity contribution in [2.45, 2.75) is 18.4 Å². The molecule has 0 saturated heterocycles. The van der Waals surface area contributed by atoms with Crippen molar-refractivity contribution >= 4 is 9.84 Å². The summed E-state index contributed by atoms with van der Waals surface area (Å²) in [6, 6.07) is 5.80. The maximum Gasteiger partial charge on any atom is 0.178 e. The van der Waals surface area contributed by atoms with Crippen molar-refractivity contribution in [3.05, 3.63) is 41.7 Å². The maximum absolute atomic E-state index is 11.4. The summed E-state index contributed by atoms with van der Waals surface area (Å²) in [5.74, 6) is 0. The predicted molar refractivity (Wildman–Crippen MR) is 69.3 cm³/mol. The lowest BCUT2D eigenvalue weighted by molar-refractivity contribution is 0.602. The summed E-state index contributed by atoms with van der Waals surface area (Å²) in [7, 11) is -3.23. The molecule has 0 aliphatic rings. The Bertz CT molecular complexity index is 674. The molecule has 2 aromatic rings. The van der Waals surface area contributed by atoms with Gasteiger partial charge in [-0.3, -0.25) is 0 Å². The number of benzene rings is 1. The van der Waals surface area contributed by atoms with Gasteiger partial charge in [-0.1, -0.05) is 17.7 Å². The van der Waals surface area contributed by atoms with Crippen LogP contribution >= 0.6 is 0 Å². The molecular formula is C12H15N3O2S. The number of nitrogens with two attached hydrogens (primary N) is 1. The molecule has 0 bridgehead atoms. The molecule has 0 spiro atoms. The minimum atomic E-state index is -3.23. The van der Waals surface area contributed by atoms with Gasteiger partial charge in [-0.15, -0.1) is 0 Å². The van der Waals surface area contributed by atoms with Gasteiger partial charge in [-0.05, 0) is 18.6 Å². The largest absolute Gasteiger partial charge is 0.326 e. The Morgan fingerprint density at radius 1 is 1.39 bits per heavy atom. The highest BCUT2D eigenvalue weighted by Crippen LogP contribution is 2.17. The predicted octanol–water partition coefficient (Wildman–Crippen LogP) is 1.04. The fraction of sp³-hybridized carbons (Fsp3) is 0.250. The van der Waals surface area contributed by atoms with E-state index in [4.69, 9.17) is 5.73 Å². The maximum atomic E-state index is 11.4. The number of hydrogen-bond donors (Lipinski definition) is 1. The second-order valence-corrected chi connectivity index (χ2v) is 6.24. The van der Waals surface area contributed by atoms with Crippen LogP contribution in [0, 0.1) is 6.92 Å². The summed E-state index contributed by atoms with van der Waals surface area (Å²) in [5, 5.41) is 4.07.